The van der Waals surface area contributed by atoms with E-state index in [9.17, 15) is 14.7 Å². The minimum atomic E-state index is -0.994. The van der Waals surface area contributed by atoms with Crippen molar-refractivity contribution in [2.75, 3.05) is 20.6 Å². The van der Waals surface area contributed by atoms with Crippen molar-refractivity contribution in [2.24, 2.45) is 0 Å². The number of pyridine rings is 1. The lowest BCUT2D eigenvalue weighted by Crippen LogP contribution is -2.51. The van der Waals surface area contributed by atoms with Crippen LogP contribution in [0, 0.1) is 0 Å². The van der Waals surface area contributed by atoms with Gasteiger partial charge in [0.05, 0.1) is 22.9 Å². The number of ether oxygens (including phenoxy) is 1. The zero-order chi connectivity index (χ0) is 26.8. The van der Waals surface area contributed by atoms with Crippen LogP contribution in [0.4, 0.5) is 4.79 Å². The number of hydrogen-bond acceptors (Lipinski definition) is 5. The van der Waals surface area contributed by atoms with Crippen LogP contribution >= 0.6 is 0 Å². The molecule has 1 aliphatic rings. The molecule has 4 rings (SSSR count). The minimum Gasteiger partial charge on any atom is -0.438 e. The highest BCUT2D eigenvalue weighted by Crippen LogP contribution is 2.42. The van der Waals surface area contributed by atoms with Crippen molar-refractivity contribution in [3.8, 4) is 11.3 Å². The summed E-state index contributed by atoms with van der Waals surface area (Å²) in [6, 6.07) is 21.0. The topological polar surface area (TPSA) is 83.0 Å². The van der Waals surface area contributed by atoms with Gasteiger partial charge >= 0.3 is 6.09 Å². The van der Waals surface area contributed by atoms with Crippen molar-refractivity contribution in [1.29, 1.82) is 0 Å². The van der Waals surface area contributed by atoms with Crippen LogP contribution in [0.2, 0.25) is 0 Å². The molecular weight excluding hydrogens is 466 g/mol. The number of aliphatic hydroxyl groups is 1. The fourth-order valence-electron chi connectivity index (χ4n) is 4.95. The molecule has 3 aromatic rings. The second kappa shape index (κ2) is 10.3. The third-order valence-corrected chi connectivity index (χ3v) is 6.86. The summed E-state index contributed by atoms with van der Waals surface area (Å²) in [4.78, 5) is 33.1. The summed E-state index contributed by atoms with van der Waals surface area (Å²) in [5.41, 5.74) is 2.25. The van der Waals surface area contributed by atoms with E-state index in [0.717, 1.165) is 22.4 Å². The van der Waals surface area contributed by atoms with E-state index in [2.05, 4.69) is 4.98 Å². The first-order chi connectivity index (χ1) is 17.5. The Hall–Kier alpha value is -3.71. The molecule has 0 saturated carbocycles. The van der Waals surface area contributed by atoms with Gasteiger partial charge in [-0.05, 0) is 44.0 Å². The van der Waals surface area contributed by atoms with Crippen molar-refractivity contribution < 1.29 is 19.4 Å². The Morgan fingerprint density at radius 2 is 1.78 bits per heavy atom. The molecular formula is C30H35N3O4. The van der Waals surface area contributed by atoms with Crippen LogP contribution in [0.15, 0.2) is 72.9 Å². The predicted molar refractivity (Wildman–Crippen MR) is 143 cm³/mol. The normalized spacial score (nSPS) is 18.8. The molecule has 0 aliphatic carbocycles. The molecule has 1 unspecified atom stereocenters. The van der Waals surface area contributed by atoms with Gasteiger partial charge in [-0.15, -0.1) is 0 Å². The number of aromatic nitrogens is 1. The Morgan fingerprint density at radius 3 is 2.32 bits per heavy atom. The first-order valence-electron chi connectivity index (χ1n) is 12.5. The van der Waals surface area contributed by atoms with Gasteiger partial charge in [-0.2, -0.15) is 0 Å². The van der Waals surface area contributed by atoms with Gasteiger partial charge in [-0.25, -0.2) is 4.79 Å². The third-order valence-electron chi connectivity index (χ3n) is 6.86. The highest BCUT2D eigenvalue weighted by atomic mass is 16.6. The molecule has 1 saturated heterocycles. The van der Waals surface area contributed by atoms with Crippen LogP contribution in [0.3, 0.4) is 0 Å². The van der Waals surface area contributed by atoms with E-state index < -0.39 is 17.3 Å². The van der Waals surface area contributed by atoms with E-state index in [0.29, 0.717) is 24.9 Å². The standard InChI is InChI=1S/C30H35N3O4/c1-21(22-11-13-23(14-12-22)26-16-15-24(19-31-26)27(34)32(4)5)33-18-17-30(37-28(33)35,20-29(2,3)36)25-9-7-6-8-10-25/h6-16,19,21,36H,17-18,20H2,1-5H3/t21-,30?/m0/s1. The van der Waals surface area contributed by atoms with Gasteiger partial charge in [-0.1, -0.05) is 54.6 Å². The van der Waals surface area contributed by atoms with Gasteiger partial charge in [-0.3, -0.25) is 9.78 Å². The highest BCUT2D eigenvalue weighted by Gasteiger charge is 2.46. The fraction of sp³-hybridized carbons (Fsp3) is 0.367. The Morgan fingerprint density at radius 1 is 1.11 bits per heavy atom. The average Bonchev–Trinajstić information content (AvgIpc) is 2.88. The zero-order valence-corrected chi connectivity index (χ0v) is 22.1. The number of nitrogens with zero attached hydrogens (tertiary/aromatic N) is 3. The molecule has 1 aromatic heterocycles. The molecule has 2 aromatic carbocycles. The number of carbonyl (C=O) groups excluding carboxylic acids is 2. The van der Waals surface area contributed by atoms with Gasteiger partial charge in [0.1, 0.15) is 5.60 Å². The molecule has 0 spiro atoms. The Balaban J connectivity index is 1.49. The molecule has 194 valence electrons. The van der Waals surface area contributed by atoms with Crippen LogP contribution < -0.4 is 0 Å². The summed E-state index contributed by atoms with van der Waals surface area (Å²) in [7, 11) is 3.42. The van der Waals surface area contributed by atoms with Crippen molar-refractivity contribution in [1.82, 2.24) is 14.8 Å². The van der Waals surface area contributed by atoms with Crippen LogP contribution in [0.25, 0.3) is 11.3 Å². The maximum absolute atomic E-state index is 13.3. The molecule has 1 aliphatic heterocycles. The van der Waals surface area contributed by atoms with Crippen molar-refractivity contribution in [3.63, 3.8) is 0 Å². The lowest BCUT2D eigenvalue weighted by atomic mass is 9.80. The van der Waals surface area contributed by atoms with E-state index in [1.165, 1.54) is 4.90 Å². The summed E-state index contributed by atoms with van der Waals surface area (Å²) in [6.07, 6.45) is 2.10. The molecule has 37 heavy (non-hydrogen) atoms. The highest BCUT2D eigenvalue weighted by molar-refractivity contribution is 5.93. The summed E-state index contributed by atoms with van der Waals surface area (Å²) in [5, 5.41) is 10.6. The van der Waals surface area contributed by atoms with Gasteiger partial charge in [0, 0.05) is 45.2 Å². The predicted octanol–water partition coefficient (Wildman–Crippen LogP) is 5.41. The summed E-state index contributed by atoms with van der Waals surface area (Å²) in [5.74, 6) is -0.0875. The second-order valence-corrected chi connectivity index (χ2v) is 10.6. The quantitative estimate of drug-likeness (QED) is 0.468. The third kappa shape index (κ3) is 5.83. The largest absolute Gasteiger partial charge is 0.438 e. The van der Waals surface area contributed by atoms with Crippen LogP contribution in [0.1, 0.15) is 61.1 Å². The van der Waals surface area contributed by atoms with Crippen LogP contribution in [-0.2, 0) is 10.3 Å². The first kappa shape index (κ1) is 26.4. The van der Waals surface area contributed by atoms with Crippen LogP contribution in [-0.4, -0.2) is 58.1 Å². The molecule has 0 radical (unpaired) electrons. The van der Waals surface area contributed by atoms with E-state index in [4.69, 9.17) is 4.74 Å². The Kier molecular flexibility index (Phi) is 7.37. The fourth-order valence-corrected chi connectivity index (χ4v) is 4.95. The lowest BCUT2D eigenvalue weighted by molar-refractivity contribution is -0.101. The van der Waals surface area contributed by atoms with E-state index in [1.807, 2.05) is 67.6 Å². The number of hydrogen-bond donors (Lipinski definition) is 1. The lowest BCUT2D eigenvalue weighted by Gasteiger charge is -2.45. The Bertz CT molecular complexity index is 1230. The molecule has 2 amide bonds. The van der Waals surface area contributed by atoms with Crippen molar-refractivity contribution >= 4 is 12.0 Å². The summed E-state index contributed by atoms with van der Waals surface area (Å²) < 4.78 is 6.12. The molecule has 7 nitrogen and oxygen atoms in total. The van der Waals surface area contributed by atoms with Gasteiger partial charge in [0.2, 0.25) is 0 Å². The second-order valence-electron chi connectivity index (χ2n) is 10.6. The summed E-state index contributed by atoms with van der Waals surface area (Å²) >= 11 is 0. The van der Waals surface area contributed by atoms with E-state index >= 15 is 0 Å². The molecule has 2 atom stereocenters. The maximum Gasteiger partial charge on any atom is 0.411 e. The summed E-state index contributed by atoms with van der Waals surface area (Å²) in [6.45, 7) is 5.98. The molecule has 7 heteroatoms. The van der Waals surface area contributed by atoms with E-state index in [1.54, 1.807) is 45.1 Å². The van der Waals surface area contributed by atoms with Gasteiger partial charge in [0.25, 0.3) is 5.91 Å². The van der Waals surface area contributed by atoms with Crippen LogP contribution in [0.5, 0.6) is 0 Å². The monoisotopic (exact) mass is 501 g/mol. The smallest absolute Gasteiger partial charge is 0.411 e. The van der Waals surface area contributed by atoms with E-state index in [-0.39, 0.29) is 11.9 Å². The SMILES string of the molecule is C[C@@H](c1ccc(-c2ccc(C(=O)N(C)C)cn2)cc1)N1CCC(CC(C)(C)O)(c2ccccc2)OC1=O. The van der Waals surface area contributed by atoms with Crippen molar-refractivity contribution in [3.05, 3.63) is 89.6 Å². The first-order valence-corrected chi connectivity index (χ1v) is 12.5. The average molecular weight is 502 g/mol. The van der Waals surface area contributed by atoms with Gasteiger partial charge < -0.3 is 19.6 Å². The zero-order valence-electron chi connectivity index (χ0n) is 22.1. The number of amides is 2. The number of rotatable bonds is 7. The maximum atomic E-state index is 13.3. The molecule has 1 fully saturated rings. The molecule has 0 bridgehead atoms. The molecule has 2 heterocycles. The molecule has 1 N–H and O–H groups in total. The number of cyclic esters (lactones) is 1. The van der Waals surface area contributed by atoms with Gasteiger partial charge in [0.15, 0.2) is 0 Å². The van der Waals surface area contributed by atoms with Crippen molar-refractivity contribution in [2.45, 2.75) is 50.9 Å². The number of benzene rings is 2. The minimum absolute atomic E-state index is 0.0875. The number of carbonyl (C=O) groups is 2. The Labute approximate surface area is 218 Å².